The van der Waals surface area contributed by atoms with Crippen LogP contribution in [0.15, 0.2) is 12.4 Å². The molecule has 1 fully saturated rings. The molecule has 0 aliphatic carbocycles. The number of aliphatic carboxylic acids is 1. The van der Waals surface area contributed by atoms with Crippen molar-refractivity contribution >= 4 is 12.0 Å². The molecule has 1 atom stereocenters. The molecule has 2 amide bonds. The summed E-state index contributed by atoms with van der Waals surface area (Å²) >= 11 is 0. The van der Waals surface area contributed by atoms with E-state index < -0.39 is 5.97 Å². The van der Waals surface area contributed by atoms with Gasteiger partial charge in [-0.25, -0.2) is 4.79 Å². The highest BCUT2D eigenvalue weighted by Crippen LogP contribution is 2.20. The number of carboxylic acid groups (broad SMARTS) is 1. The molecule has 1 unspecified atom stereocenters. The van der Waals surface area contributed by atoms with E-state index in [-0.39, 0.29) is 18.4 Å². The van der Waals surface area contributed by atoms with Crippen molar-refractivity contribution in [2.24, 2.45) is 5.92 Å². The number of rotatable bonds is 5. The number of hydrogen-bond acceptors (Lipinski definition) is 4. The summed E-state index contributed by atoms with van der Waals surface area (Å²) in [5.74, 6) is -0.498. The van der Waals surface area contributed by atoms with Crippen LogP contribution < -0.4 is 5.32 Å². The molecular weight excluding hydrogens is 272 g/mol. The van der Waals surface area contributed by atoms with Crippen molar-refractivity contribution in [3.63, 3.8) is 0 Å². The lowest BCUT2D eigenvalue weighted by Crippen LogP contribution is -2.38. The number of urea groups is 1. The first-order valence-corrected chi connectivity index (χ1v) is 7.06. The number of hydrogen-bond donors (Lipinski definition) is 2. The first-order valence-electron chi connectivity index (χ1n) is 7.06. The van der Waals surface area contributed by atoms with Gasteiger partial charge in [0.2, 0.25) is 0 Å². The van der Waals surface area contributed by atoms with Crippen molar-refractivity contribution in [2.45, 2.75) is 32.7 Å². The van der Waals surface area contributed by atoms with Gasteiger partial charge in [0.25, 0.3) is 0 Å². The lowest BCUT2D eigenvalue weighted by molar-refractivity contribution is -0.137. The van der Waals surface area contributed by atoms with Crippen LogP contribution in [0.1, 0.15) is 30.7 Å². The first-order chi connectivity index (χ1) is 10.0. The zero-order chi connectivity index (χ0) is 15.2. The summed E-state index contributed by atoms with van der Waals surface area (Å²) in [5, 5.41) is 11.5. The minimum Gasteiger partial charge on any atom is -0.481 e. The molecule has 0 saturated carbocycles. The molecule has 1 aromatic heterocycles. The fourth-order valence-electron chi connectivity index (χ4n) is 2.37. The van der Waals surface area contributed by atoms with Gasteiger partial charge in [-0.3, -0.25) is 14.8 Å². The number of nitrogens with zero attached hydrogens (tertiary/aromatic N) is 3. The molecule has 21 heavy (non-hydrogen) atoms. The lowest BCUT2D eigenvalue weighted by Gasteiger charge is -2.17. The Morgan fingerprint density at radius 1 is 1.43 bits per heavy atom. The second-order valence-corrected chi connectivity index (χ2v) is 5.34. The first kappa shape index (κ1) is 15.2. The standard InChI is InChI=1S/C14H20N4O3/c1-10-6-16-12(7-15-10)8-17-14(21)18-5-4-11(9-18)2-3-13(19)20/h6-7,11H,2-5,8-9H2,1H3,(H,17,21)(H,19,20). The van der Waals surface area contributed by atoms with E-state index in [1.54, 1.807) is 17.3 Å². The minimum atomic E-state index is -0.782. The Bertz CT molecular complexity index is 503. The van der Waals surface area contributed by atoms with E-state index in [1.165, 1.54) is 0 Å². The number of aromatic nitrogens is 2. The van der Waals surface area contributed by atoms with Gasteiger partial charge in [0, 0.05) is 25.7 Å². The Morgan fingerprint density at radius 2 is 2.24 bits per heavy atom. The van der Waals surface area contributed by atoms with Crippen molar-refractivity contribution in [3.8, 4) is 0 Å². The number of aryl methyl sites for hydroxylation is 1. The van der Waals surface area contributed by atoms with Crippen LogP contribution in [0.3, 0.4) is 0 Å². The SMILES string of the molecule is Cc1cnc(CNC(=O)N2CCC(CCC(=O)O)C2)cn1. The summed E-state index contributed by atoms with van der Waals surface area (Å²) in [5.41, 5.74) is 1.56. The summed E-state index contributed by atoms with van der Waals surface area (Å²) in [4.78, 5) is 32.6. The quantitative estimate of drug-likeness (QED) is 0.849. The van der Waals surface area contributed by atoms with Crippen LogP contribution in [0.2, 0.25) is 0 Å². The molecule has 1 aliphatic heterocycles. The van der Waals surface area contributed by atoms with Gasteiger partial charge in [0.05, 0.1) is 24.1 Å². The molecule has 0 bridgehead atoms. The van der Waals surface area contributed by atoms with E-state index >= 15 is 0 Å². The number of carbonyl (C=O) groups excluding carboxylic acids is 1. The number of carbonyl (C=O) groups is 2. The van der Waals surface area contributed by atoms with Crippen molar-refractivity contribution in [3.05, 3.63) is 23.8 Å². The van der Waals surface area contributed by atoms with Gasteiger partial charge in [-0.05, 0) is 25.7 Å². The lowest BCUT2D eigenvalue weighted by atomic mass is 10.0. The Morgan fingerprint density at radius 3 is 2.90 bits per heavy atom. The molecule has 0 spiro atoms. The van der Waals surface area contributed by atoms with Crippen LogP contribution >= 0.6 is 0 Å². The average Bonchev–Trinajstić information content (AvgIpc) is 2.93. The van der Waals surface area contributed by atoms with Gasteiger partial charge in [0.15, 0.2) is 0 Å². The van der Waals surface area contributed by atoms with E-state index in [0.29, 0.717) is 26.1 Å². The molecule has 114 valence electrons. The summed E-state index contributed by atoms with van der Waals surface area (Å²) in [6.07, 6.45) is 4.97. The number of likely N-dealkylation sites (tertiary alicyclic amines) is 1. The summed E-state index contributed by atoms with van der Waals surface area (Å²) in [7, 11) is 0. The van der Waals surface area contributed by atoms with E-state index in [2.05, 4.69) is 15.3 Å². The van der Waals surface area contributed by atoms with Gasteiger partial charge in [-0.1, -0.05) is 0 Å². The summed E-state index contributed by atoms with van der Waals surface area (Å²) in [6.45, 7) is 3.51. The fraction of sp³-hybridized carbons (Fsp3) is 0.571. The molecule has 2 heterocycles. The largest absolute Gasteiger partial charge is 0.481 e. The van der Waals surface area contributed by atoms with Crippen LogP contribution in [0.4, 0.5) is 4.79 Å². The molecular formula is C14H20N4O3. The number of carboxylic acids is 1. The molecule has 2 N–H and O–H groups in total. The third-order valence-corrected chi connectivity index (χ3v) is 3.59. The van der Waals surface area contributed by atoms with Crippen LogP contribution in [0, 0.1) is 12.8 Å². The minimum absolute atomic E-state index is 0.129. The molecule has 1 aliphatic rings. The third-order valence-electron chi connectivity index (χ3n) is 3.59. The van der Waals surface area contributed by atoms with E-state index in [4.69, 9.17) is 5.11 Å². The molecule has 1 saturated heterocycles. The van der Waals surface area contributed by atoms with Gasteiger partial charge in [-0.15, -0.1) is 0 Å². The highest BCUT2D eigenvalue weighted by Gasteiger charge is 2.26. The molecule has 0 radical (unpaired) electrons. The maximum Gasteiger partial charge on any atom is 0.317 e. The average molecular weight is 292 g/mol. The normalized spacial score (nSPS) is 17.8. The molecule has 0 aromatic carbocycles. The number of amides is 2. The zero-order valence-corrected chi connectivity index (χ0v) is 12.1. The molecule has 7 heteroatoms. The Balaban J connectivity index is 1.74. The Hall–Kier alpha value is -2.18. The second kappa shape index (κ2) is 7.01. The Labute approximate surface area is 123 Å². The fourth-order valence-corrected chi connectivity index (χ4v) is 2.37. The van der Waals surface area contributed by atoms with Crippen LogP contribution in [0.25, 0.3) is 0 Å². The smallest absolute Gasteiger partial charge is 0.317 e. The molecule has 1 aromatic rings. The third kappa shape index (κ3) is 4.70. The van der Waals surface area contributed by atoms with Crippen molar-refractivity contribution in [2.75, 3.05) is 13.1 Å². The topological polar surface area (TPSA) is 95.4 Å². The summed E-state index contributed by atoms with van der Waals surface area (Å²) in [6, 6.07) is -0.129. The van der Waals surface area contributed by atoms with Crippen molar-refractivity contribution in [1.82, 2.24) is 20.2 Å². The molecule has 7 nitrogen and oxygen atoms in total. The van der Waals surface area contributed by atoms with Crippen LogP contribution in [-0.2, 0) is 11.3 Å². The maximum atomic E-state index is 12.0. The maximum absolute atomic E-state index is 12.0. The monoisotopic (exact) mass is 292 g/mol. The van der Waals surface area contributed by atoms with Crippen LogP contribution in [0.5, 0.6) is 0 Å². The predicted octanol–water partition coefficient (Wildman–Crippen LogP) is 1.18. The van der Waals surface area contributed by atoms with E-state index in [9.17, 15) is 9.59 Å². The van der Waals surface area contributed by atoms with Gasteiger partial charge in [0.1, 0.15) is 0 Å². The predicted molar refractivity (Wildman–Crippen MR) is 75.6 cm³/mol. The highest BCUT2D eigenvalue weighted by molar-refractivity contribution is 5.74. The van der Waals surface area contributed by atoms with Gasteiger partial charge < -0.3 is 15.3 Å². The van der Waals surface area contributed by atoms with E-state index in [1.807, 2.05) is 6.92 Å². The van der Waals surface area contributed by atoms with Crippen LogP contribution in [-0.4, -0.2) is 45.1 Å². The summed E-state index contributed by atoms with van der Waals surface area (Å²) < 4.78 is 0. The highest BCUT2D eigenvalue weighted by atomic mass is 16.4. The zero-order valence-electron chi connectivity index (χ0n) is 12.1. The number of nitrogens with one attached hydrogen (secondary N) is 1. The van der Waals surface area contributed by atoms with E-state index in [0.717, 1.165) is 17.8 Å². The van der Waals surface area contributed by atoms with Crippen molar-refractivity contribution in [1.29, 1.82) is 0 Å². The molecule has 2 rings (SSSR count). The Kier molecular flexibility index (Phi) is 5.08. The van der Waals surface area contributed by atoms with Gasteiger partial charge in [-0.2, -0.15) is 0 Å². The van der Waals surface area contributed by atoms with Crippen molar-refractivity contribution < 1.29 is 14.7 Å². The second-order valence-electron chi connectivity index (χ2n) is 5.34. The van der Waals surface area contributed by atoms with Gasteiger partial charge >= 0.3 is 12.0 Å².